The lowest BCUT2D eigenvalue weighted by Crippen LogP contribution is -2.46. The summed E-state index contributed by atoms with van der Waals surface area (Å²) in [7, 11) is 0. The van der Waals surface area contributed by atoms with E-state index in [0.717, 1.165) is 0 Å². The smallest absolute Gasteiger partial charge is 0.325 e. The van der Waals surface area contributed by atoms with Crippen LogP contribution in [0.1, 0.15) is 33.6 Å². The predicted molar refractivity (Wildman–Crippen MR) is 75.7 cm³/mol. The highest BCUT2D eigenvalue weighted by molar-refractivity contribution is 6.06. The number of carbonyl (C=O) groups excluding carboxylic acids is 2. The van der Waals surface area contributed by atoms with Crippen molar-refractivity contribution in [2.24, 2.45) is 5.41 Å². The van der Waals surface area contributed by atoms with E-state index in [1.54, 1.807) is 20.8 Å². The highest BCUT2D eigenvalue weighted by Crippen LogP contribution is 2.31. The van der Waals surface area contributed by atoms with Crippen LogP contribution in [0.3, 0.4) is 0 Å². The number of nitrogens with zero attached hydrogens (tertiary/aromatic N) is 2. The molecule has 0 spiro atoms. The van der Waals surface area contributed by atoms with E-state index in [2.05, 4.69) is 10.2 Å². The first-order chi connectivity index (χ1) is 9.66. The number of carboxylic acid groups (broad SMARTS) is 1. The fourth-order valence-electron chi connectivity index (χ4n) is 2.75. The van der Waals surface area contributed by atoms with Gasteiger partial charge in [0.05, 0.1) is 5.41 Å². The molecule has 7 heteroatoms. The minimum Gasteiger partial charge on any atom is -0.481 e. The minimum atomic E-state index is -0.832. The van der Waals surface area contributed by atoms with Crippen LogP contribution in [0.4, 0.5) is 4.79 Å². The average molecular weight is 297 g/mol. The number of carboxylic acids is 1. The second-order valence-electron chi connectivity index (χ2n) is 6.72. The molecule has 0 aromatic rings. The van der Waals surface area contributed by atoms with Gasteiger partial charge in [0.25, 0.3) is 5.91 Å². The van der Waals surface area contributed by atoms with Gasteiger partial charge >= 0.3 is 12.0 Å². The number of urea groups is 1. The summed E-state index contributed by atoms with van der Waals surface area (Å²) in [5.74, 6) is -0.960. The number of piperidine rings is 1. The summed E-state index contributed by atoms with van der Waals surface area (Å²) in [6.45, 7) is 7.43. The van der Waals surface area contributed by atoms with E-state index in [9.17, 15) is 19.5 Å². The Hall–Kier alpha value is -1.63. The molecular weight excluding hydrogens is 274 g/mol. The molecule has 0 bridgehead atoms. The van der Waals surface area contributed by atoms with Crippen LogP contribution in [0.25, 0.3) is 0 Å². The van der Waals surface area contributed by atoms with E-state index in [-0.39, 0.29) is 11.9 Å². The molecule has 2 N–H and O–H groups in total. The van der Waals surface area contributed by atoms with Crippen molar-refractivity contribution in [3.8, 4) is 0 Å². The molecule has 2 saturated heterocycles. The molecule has 2 fully saturated rings. The van der Waals surface area contributed by atoms with E-state index >= 15 is 0 Å². The lowest BCUT2D eigenvalue weighted by Gasteiger charge is -2.36. The second kappa shape index (κ2) is 5.29. The summed E-state index contributed by atoms with van der Waals surface area (Å²) in [4.78, 5) is 38.3. The quantitative estimate of drug-likeness (QED) is 0.738. The monoisotopic (exact) mass is 297 g/mol. The topological polar surface area (TPSA) is 89.9 Å². The Morgan fingerprint density at radius 2 is 1.76 bits per heavy atom. The van der Waals surface area contributed by atoms with Crippen molar-refractivity contribution in [2.45, 2.75) is 39.2 Å². The molecule has 0 unspecified atom stereocenters. The number of amides is 3. The SMILES string of the molecule is CC1(C(=O)O)CCN(CCN2C(=O)NC(C)(C)C2=O)CC1. The van der Waals surface area contributed by atoms with Gasteiger partial charge in [-0.15, -0.1) is 0 Å². The molecule has 0 aromatic heterocycles. The van der Waals surface area contributed by atoms with Gasteiger partial charge in [0.2, 0.25) is 0 Å². The lowest BCUT2D eigenvalue weighted by atomic mass is 9.80. The van der Waals surface area contributed by atoms with Crippen LogP contribution in [-0.4, -0.2) is 64.5 Å². The van der Waals surface area contributed by atoms with Crippen LogP contribution >= 0.6 is 0 Å². The maximum atomic E-state index is 12.0. The molecule has 7 nitrogen and oxygen atoms in total. The minimum absolute atomic E-state index is 0.208. The summed E-state index contributed by atoms with van der Waals surface area (Å²) in [5, 5.41) is 11.8. The number of hydrogen-bond donors (Lipinski definition) is 2. The zero-order valence-electron chi connectivity index (χ0n) is 12.8. The third-order valence-corrected chi connectivity index (χ3v) is 4.56. The maximum Gasteiger partial charge on any atom is 0.325 e. The Morgan fingerprint density at radius 3 is 2.19 bits per heavy atom. The van der Waals surface area contributed by atoms with Crippen molar-refractivity contribution in [2.75, 3.05) is 26.2 Å². The average Bonchev–Trinajstić information content (AvgIpc) is 2.58. The molecule has 2 rings (SSSR count). The molecule has 3 amide bonds. The van der Waals surface area contributed by atoms with E-state index < -0.39 is 16.9 Å². The summed E-state index contributed by atoms with van der Waals surface area (Å²) in [5.41, 5.74) is -1.49. The van der Waals surface area contributed by atoms with E-state index in [1.165, 1.54) is 4.90 Å². The molecule has 0 saturated carbocycles. The summed E-state index contributed by atoms with van der Waals surface area (Å²) in [6, 6.07) is -0.350. The fraction of sp³-hybridized carbons (Fsp3) is 0.786. The molecule has 2 aliphatic heterocycles. The number of imide groups is 1. The maximum absolute atomic E-state index is 12.0. The highest BCUT2D eigenvalue weighted by atomic mass is 16.4. The van der Waals surface area contributed by atoms with Crippen LogP contribution in [0, 0.1) is 5.41 Å². The van der Waals surface area contributed by atoms with Crippen molar-refractivity contribution < 1.29 is 19.5 Å². The number of aliphatic carboxylic acids is 1. The van der Waals surface area contributed by atoms with Gasteiger partial charge in [-0.25, -0.2) is 4.79 Å². The molecule has 21 heavy (non-hydrogen) atoms. The Kier molecular flexibility index (Phi) is 3.97. The Labute approximate surface area is 124 Å². The molecule has 0 aromatic carbocycles. The van der Waals surface area contributed by atoms with Crippen LogP contribution in [0.5, 0.6) is 0 Å². The van der Waals surface area contributed by atoms with Gasteiger partial charge in [0.15, 0.2) is 0 Å². The van der Waals surface area contributed by atoms with Crippen molar-refractivity contribution in [1.29, 1.82) is 0 Å². The van der Waals surface area contributed by atoms with Gasteiger partial charge in [-0.1, -0.05) is 0 Å². The van der Waals surface area contributed by atoms with Crippen LogP contribution in [-0.2, 0) is 9.59 Å². The van der Waals surface area contributed by atoms with Gasteiger partial charge in [-0.2, -0.15) is 0 Å². The van der Waals surface area contributed by atoms with Crippen LogP contribution in [0.2, 0.25) is 0 Å². The van der Waals surface area contributed by atoms with Crippen molar-refractivity contribution >= 4 is 17.9 Å². The number of hydrogen-bond acceptors (Lipinski definition) is 4. The number of nitrogens with one attached hydrogen (secondary N) is 1. The molecular formula is C14H23N3O4. The van der Waals surface area contributed by atoms with Gasteiger partial charge < -0.3 is 15.3 Å². The third-order valence-electron chi connectivity index (χ3n) is 4.56. The number of rotatable bonds is 4. The molecule has 0 radical (unpaired) electrons. The lowest BCUT2D eigenvalue weighted by molar-refractivity contribution is -0.150. The largest absolute Gasteiger partial charge is 0.481 e. The van der Waals surface area contributed by atoms with Gasteiger partial charge in [-0.05, 0) is 46.7 Å². The summed E-state index contributed by atoms with van der Waals surface area (Å²) in [6.07, 6.45) is 1.18. The van der Waals surface area contributed by atoms with Crippen molar-refractivity contribution in [3.05, 3.63) is 0 Å². The van der Waals surface area contributed by atoms with E-state index in [0.29, 0.717) is 39.0 Å². The summed E-state index contributed by atoms with van der Waals surface area (Å²) < 4.78 is 0. The van der Waals surface area contributed by atoms with Crippen molar-refractivity contribution in [3.63, 3.8) is 0 Å². The summed E-state index contributed by atoms with van der Waals surface area (Å²) >= 11 is 0. The van der Waals surface area contributed by atoms with Crippen LogP contribution in [0.15, 0.2) is 0 Å². The fourth-order valence-corrected chi connectivity index (χ4v) is 2.75. The Morgan fingerprint density at radius 1 is 1.19 bits per heavy atom. The van der Waals surface area contributed by atoms with Crippen LogP contribution < -0.4 is 5.32 Å². The van der Waals surface area contributed by atoms with Gasteiger partial charge in [0, 0.05) is 13.1 Å². The first kappa shape index (κ1) is 15.8. The Bertz CT molecular complexity index is 467. The number of likely N-dealkylation sites (tertiary alicyclic amines) is 1. The normalized spacial score (nSPS) is 25.0. The third kappa shape index (κ3) is 3.02. The first-order valence-corrected chi connectivity index (χ1v) is 7.26. The van der Waals surface area contributed by atoms with Gasteiger partial charge in [0.1, 0.15) is 5.54 Å². The first-order valence-electron chi connectivity index (χ1n) is 7.26. The highest BCUT2D eigenvalue weighted by Gasteiger charge is 2.44. The zero-order valence-corrected chi connectivity index (χ0v) is 12.8. The molecule has 0 aliphatic carbocycles. The Balaban J connectivity index is 1.85. The van der Waals surface area contributed by atoms with E-state index in [1.807, 2.05) is 0 Å². The number of carbonyl (C=O) groups is 3. The van der Waals surface area contributed by atoms with E-state index in [4.69, 9.17) is 0 Å². The molecule has 2 heterocycles. The standard InChI is InChI=1S/C14H23N3O4/c1-13(2)10(18)17(12(21)15-13)9-8-16-6-4-14(3,5-7-16)11(19)20/h4-9H2,1-3H3,(H,15,21)(H,19,20). The molecule has 118 valence electrons. The molecule has 0 atom stereocenters. The van der Waals surface area contributed by atoms with Crippen molar-refractivity contribution in [1.82, 2.24) is 15.1 Å². The molecule has 2 aliphatic rings. The van der Waals surface area contributed by atoms with Gasteiger partial charge in [-0.3, -0.25) is 14.5 Å². The predicted octanol–water partition coefficient (Wildman–Crippen LogP) is 0.504. The zero-order chi connectivity index (χ0) is 15.8. The second-order valence-corrected chi connectivity index (χ2v) is 6.72.